The quantitative estimate of drug-likeness (QED) is 0.580. The Bertz CT molecular complexity index is 1230. The molecule has 0 aliphatic carbocycles. The number of aromatic nitrogens is 2. The maximum atomic E-state index is 12.9. The van der Waals surface area contributed by atoms with Gasteiger partial charge in [0, 0.05) is 38.4 Å². The summed E-state index contributed by atoms with van der Waals surface area (Å²) in [6.07, 6.45) is 0. The van der Waals surface area contributed by atoms with E-state index in [9.17, 15) is 9.59 Å². The van der Waals surface area contributed by atoms with Gasteiger partial charge in [0.05, 0.1) is 26.8 Å². The van der Waals surface area contributed by atoms with Crippen LogP contribution in [0.15, 0.2) is 35.1 Å². The van der Waals surface area contributed by atoms with Gasteiger partial charge < -0.3 is 29.4 Å². The average Bonchev–Trinajstić information content (AvgIpc) is 3.23. The van der Waals surface area contributed by atoms with Crippen molar-refractivity contribution in [1.29, 1.82) is 0 Å². The summed E-state index contributed by atoms with van der Waals surface area (Å²) in [6.45, 7) is 1.73. The lowest BCUT2D eigenvalue weighted by Gasteiger charge is -2.21. The van der Waals surface area contributed by atoms with E-state index in [1.807, 2.05) is 36.2 Å². The van der Waals surface area contributed by atoms with Gasteiger partial charge in [-0.2, -0.15) is 4.98 Å². The van der Waals surface area contributed by atoms with E-state index in [-0.39, 0.29) is 17.2 Å². The number of anilines is 2. The van der Waals surface area contributed by atoms with Crippen molar-refractivity contribution in [3.05, 3.63) is 46.2 Å². The van der Waals surface area contributed by atoms with E-state index in [4.69, 9.17) is 14.2 Å². The summed E-state index contributed by atoms with van der Waals surface area (Å²) in [6, 6.07) is 9.30. The summed E-state index contributed by atoms with van der Waals surface area (Å²) >= 11 is 0. The molecule has 2 heterocycles. The number of H-pyrrole nitrogens is 1. The van der Waals surface area contributed by atoms with Gasteiger partial charge in [0.25, 0.3) is 5.56 Å². The first kappa shape index (κ1) is 21.3. The Morgan fingerprint density at radius 1 is 1.09 bits per heavy atom. The van der Waals surface area contributed by atoms with Gasteiger partial charge in [-0.15, -0.1) is 0 Å². The van der Waals surface area contributed by atoms with Crippen molar-refractivity contribution in [3.63, 3.8) is 0 Å². The SMILES string of the molecule is COc1cc2[nH]c(N(C)Cc3cccc(N4CCNC4=O)c3)nc(=O)c2c(OC)c1OC. The van der Waals surface area contributed by atoms with E-state index in [0.717, 1.165) is 11.3 Å². The Kier molecular flexibility index (Phi) is 5.76. The molecule has 1 saturated heterocycles. The van der Waals surface area contributed by atoms with Crippen LogP contribution in [0.3, 0.4) is 0 Å². The third-order valence-electron chi connectivity index (χ3n) is 5.36. The molecule has 0 radical (unpaired) electrons. The minimum absolute atomic E-state index is 0.102. The average molecular weight is 439 g/mol. The molecule has 32 heavy (non-hydrogen) atoms. The molecule has 2 amide bonds. The van der Waals surface area contributed by atoms with Gasteiger partial charge >= 0.3 is 6.03 Å². The molecule has 0 atom stereocenters. The van der Waals surface area contributed by atoms with Gasteiger partial charge in [0.2, 0.25) is 11.7 Å². The molecule has 1 aliphatic rings. The zero-order valence-corrected chi connectivity index (χ0v) is 18.4. The Morgan fingerprint density at radius 3 is 2.53 bits per heavy atom. The maximum Gasteiger partial charge on any atom is 0.321 e. The summed E-state index contributed by atoms with van der Waals surface area (Å²) in [7, 11) is 6.29. The summed E-state index contributed by atoms with van der Waals surface area (Å²) in [4.78, 5) is 35.8. The first-order valence-electron chi connectivity index (χ1n) is 10.0. The van der Waals surface area contributed by atoms with E-state index >= 15 is 0 Å². The fourth-order valence-electron chi connectivity index (χ4n) is 3.84. The molecule has 0 saturated carbocycles. The van der Waals surface area contributed by atoms with Crippen molar-refractivity contribution in [2.24, 2.45) is 0 Å². The number of hydrogen-bond acceptors (Lipinski definition) is 7. The van der Waals surface area contributed by atoms with Crippen LogP contribution in [0.5, 0.6) is 17.2 Å². The number of hydrogen-bond donors (Lipinski definition) is 2. The molecule has 0 spiro atoms. The molecule has 1 fully saturated rings. The van der Waals surface area contributed by atoms with Crippen LogP contribution in [0, 0.1) is 0 Å². The zero-order valence-electron chi connectivity index (χ0n) is 18.4. The van der Waals surface area contributed by atoms with E-state index in [0.29, 0.717) is 42.6 Å². The molecule has 1 aromatic heterocycles. The van der Waals surface area contributed by atoms with Crippen LogP contribution < -0.4 is 34.9 Å². The number of ether oxygens (including phenoxy) is 3. The van der Waals surface area contributed by atoms with Crippen molar-refractivity contribution >= 4 is 28.6 Å². The monoisotopic (exact) mass is 439 g/mol. The van der Waals surface area contributed by atoms with Crippen LogP contribution >= 0.6 is 0 Å². The van der Waals surface area contributed by atoms with Crippen molar-refractivity contribution < 1.29 is 19.0 Å². The topological polar surface area (TPSA) is 109 Å². The Hall–Kier alpha value is -3.95. The standard InChI is InChI=1S/C22H25N5O5/c1-26(12-13-6-5-7-14(10-13)27-9-8-23-22(27)29)21-24-15-11-16(30-2)18(31-3)19(32-4)17(15)20(28)25-21/h5-7,10-11H,8-9,12H2,1-4H3,(H,23,29)(H,24,25,28). The second-order valence-corrected chi connectivity index (χ2v) is 7.34. The molecule has 3 aromatic rings. The number of amides is 2. The molecule has 0 bridgehead atoms. The molecule has 4 rings (SSSR count). The highest BCUT2D eigenvalue weighted by Gasteiger charge is 2.22. The third-order valence-corrected chi connectivity index (χ3v) is 5.36. The molecule has 168 valence electrons. The van der Waals surface area contributed by atoms with Crippen LogP contribution in [0.4, 0.5) is 16.4 Å². The molecule has 2 aromatic carbocycles. The first-order valence-corrected chi connectivity index (χ1v) is 10.0. The Labute approximate surface area is 184 Å². The molecule has 2 N–H and O–H groups in total. The fourth-order valence-corrected chi connectivity index (χ4v) is 3.84. The van der Waals surface area contributed by atoms with Crippen molar-refractivity contribution in [2.75, 3.05) is 51.3 Å². The normalized spacial score (nSPS) is 13.2. The number of carbonyl (C=O) groups is 1. The number of methoxy groups -OCH3 is 3. The summed E-state index contributed by atoms with van der Waals surface area (Å²) in [5.74, 6) is 1.42. The van der Waals surface area contributed by atoms with Gasteiger partial charge in [-0.25, -0.2) is 4.79 Å². The highest BCUT2D eigenvalue weighted by atomic mass is 16.5. The minimum atomic E-state index is -0.444. The van der Waals surface area contributed by atoms with Gasteiger partial charge in [-0.3, -0.25) is 9.69 Å². The maximum absolute atomic E-state index is 12.9. The van der Waals surface area contributed by atoms with E-state index in [2.05, 4.69) is 15.3 Å². The van der Waals surface area contributed by atoms with Crippen molar-refractivity contribution in [1.82, 2.24) is 15.3 Å². The number of rotatable bonds is 7. The summed E-state index contributed by atoms with van der Waals surface area (Å²) in [5, 5.41) is 3.08. The highest BCUT2D eigenvalue weighted by molar-refractivity contribution is 5.94. The number of aromatic amines is 1. The largest absolute Gasteiger partial charge is 0.493 e. The lowest BCUT2D eigenvalue weighted by molar-refractivity contribution is 0.252. The van der Waals surface area contributed by atoms with Crippen molar-refractivity contribution in [3.8, 4) is 17.2 Å². The number of nitrogens with one attached hydrogen (secondary N) is 2. The lowest BCUT2D eigenvalue weighted by atomic mass is 10.1. The number of nitrogens with zero attached hydrogens (tertiary/aromatic N) is 3. The van der Waals surface area contributed by atoms with Crippen LogP contribution in [0.25, 0.3) is 10.9 Å². The van der Waals surface area contributed by atoms with Crippen LogP contribution in [-0.4, -0.2) is 57.5 Å². The summed E-state index contributed by atoms with van der Waals surface area (Å²) < 4.78 is 16.2. The number of fused-ring (bicyclic) bond motifs is 1. The molecule has 10 heteroatoms. The lowest BCUT2D eigenvalue weighted by Crippen LogP contribution is -2.28. The number of carbonyl (C=O) groups excluding carboxylic acids is 1. The van der Waals surface area contributed by atoms with E-state index in [1.165, 1.54) is 21.3 Å². The highest BCUT2D eigenvalue weighted by Crippen LogP contribution is 2.41. The zero-order chi connectivity index (χ0) is 22.8. The predicted octanol–water partition coefficient (Wildman–Crippen LogP) is 2.11. The van der Waals surface area contributed by atoms with Gasteiger partial charge in [0.15, 0.2) is 11.5 Å². The van der Waals surface area contributed by atoms with Crippen LogP contribution in [0.1, 0.15) is 5.56 Å². The first-order chi connectivity index (χ1) is 15.5. The van der Waals surface area contributed by atoms with Gasteiger partial charge in [0.1, 0.15) is 5.39 Å². The van der Waals surface area contributed by atoms with Gasteiger partial charge in [-0.05, 0) is 17.7 Å². The molecule has 10 nitrogen and oxygen atoms in total. The third kappa shape index (κ3) is 3.75. The van der Waals surface area contributed by atoms with Crippen molar-refractivity contribution in [2.45, 2.75) is 6.54 Å². The van der Waals surface area contributed by atoms with E-state index < -0.39 is 5.56 Å². The number of urea groups is 1. The van der Waals surface area contributed by atoms with E-state index in [1.54, 1.807) is 11.0 Å². The fraction of sp³-hybridized carbons (Fsp3) is 0.318. The number of benzene rings is 2. The van der Waals surface area contributed by atoms with Gasteiger partial charge in [-0.1, -0.05) is 12.1 Å². The molecule has 1 aliphatic heterocycles. The minimum Gasteiger partial charge on any atom is -0.493 e. The second kappa shape index (κ2) is 8.66. The van der Waals surface area contributed by atoms with Crippen LogP contribution in [-0.2, 0) is 6.54 Å². The molecule has 0 unspecified atom stereocenters. The Morgan fingerprint density at radius 2 is 1.88 bits per heavy atom. The Balaban J connectivity index is 1.68. The predicted molar refractivity (Wildman–Crippen MR) is 121 cm³/mol. The summed E-state index contributed by atoms with van der Waals surface area (Å²) in [5.41, 5.74) is 1.87. The molecular formula is C22H25N5O5. The van der Waals surface area contributed by atoms with Crippen LogP contribution in [0.2, 0.25) is 0 Å². The second-order valence-electron chi connectivity index (χ2n) is 7.34. The molecular weight excluding hydrogens is 414 g/mol. The smallest absolute Gasteiger partial charge is 0.321 e.